The van der Waals surface area contributed by atoms with Gasteiger partial charge in [-0.2, -0.15) is 0 Å². The molecule has 1 saturated carbocycles. The Morgan fingerprint density at radius 1 is 1.02 bits per heavy atom. The summed E-state index contributed by atoms with van der Waals surface area (Å²) in [6.07, 6.45) is 9.20. The molecular formula is C33H47N5O4S. The van der Waals surface area contributed by atoms with E-state index < -0.39 is 0 Å². The fourth-order valence-electron chi connectivity index (χ4n) is 6.87. The molecule has 0 radical (unpaired) electrons. The van der Waals surface area contributed by atoms with Crippen molar-refractivity contribution in [1.29, 1.82) is 0 Å². The number of amides is 3. The SMILES string of the molecule is CNCc1c(SC(C)C)[nH]c2c(CN3CCC(CCNC(=O)C4CCC(CN5C(=O)C=CC5=O)CC4)CC3)c(O)ccc12. The Kier molecular flexibility index (Phi) is 10.5. The van der Waals surface area contributed by atoms with Crippen molar-refractivity contribution in [2.75, 3.05) is 33.2 Å². The maximum atomic E-state index is 12.8. The van der Waals surface area contributed by atoms with E-state index in [4.69, 9.17) is 0 Å². The number of phenolic OH excluding ortho intramolecular Hbond substituents is 1. The number of hydrogen-bond donors (Lipinski definition) is 4. The molecule has 0 bridgehead atoms. The average molecular weight is 610 g/mol. The first kappa shape index (κ1) is 31.6. The second-order valence-electron chi connectivity index (χ2n) is 12.8. The monoisotopic (exact) mass is 609 g/mol. The van der Waals surface area contributed by atoms with Crippen LogP contribution in [0.2, 0.25) is 0 Å². The van der Waals surface area contributed by atoms with Gasteiger partial charge in [-0.3, -0.25) is 24.2 Å². The Labute approximate surface area is 259 Å². The molecule has 9 nitrogen and oxygen atoms in total. The second kappa shape index (κ2) is 14.3. The number of aromatic amines is 1. The van der Waals surface area contributed by atoms with E-state index in [0.717, 1.165) is 82.2 Å². The van der Waals surface area contributed by atoms with Crippen LogP contribution in [0.1, 0.15) is 69.9 Å². The number of hydrogen-bond acceptors (Lipinski definition) is 7. The third-order valence-electron chi connectivity index (χ3n) is 9.33. The van der Waals surface area contributed by atoms with Gasteiger partial charge in [0, 0.05) is 66.0 Å². The second-order valence-corrected chi connectivity index (χ2v) is 14.3. The number of fused-ring (bicyclic) bond motifs is 1. The zero-order valence-electron chi connectivity index (χ0n) is 25.8. The molecule has 43 heavy (non-hydrogen) atoms. The first-order chi connectivity index (χ1) is 20.7. The number of nitrogens with one attached hydrogen (secondary N) is 3. The van der Waals surface area contributed by atoms with Gasteiger partial charge >= 0.3 is 0 Å². The van der Waals surface area contributed by atoms with Crippen LogP contribution in [-0.4, -0.2) is 76.1 Å². The number of piperidine rings is 1. The van der Waals surface area contributed by atoms with Gasteiger partial charge in [-0.1, -0.05) is 13.8 Å². The quantitative estimate of drug-likeness (QED) is 0.206. The minimum Gasteiger partial charge on any atom is -0.508 e. The molecule has 0 unspecified atom stereocenters. The molecule has 2 aliphatic heterocycles. The van der Waals surface area contributed by atoms with E-state index in [9.17, 15) is 19.5 Å². The van der Waals surface area contributed by atoms with Crippen LogP contribution in [0, 0.1) is 17.8 Å². The van der Waals surface area contributed by atoms with Crippen molar-refractivity contribution in [2.24, 2.45) is 17.8 Å². The molecule has 0 spiro atoms. The molecular weight excluding hydrogens is 562 g/mol. The number of likely N-dealkylation sites (tertiary alicyclic amines) is 1. The van der Waals surface area contributed by atoms with E-state index in [2.05, 4.69) is 34.4 Å². The smallest absolute Gasteiger partial charge is 0.253 e. The number of benzene rings is 1. The predicted octanol–water partition coefficient (Wildman–Crippen LogP) is 4.54. The van der Waals surface area contributed by atoms with E-state index >= 15 is 0 Å². The van der Waals surface area contributed by atoms with E-state index in [1.165, 1.54) is 33.0 Å². The van der Waals surface area contributed by atoms with Crippen molar-refractivity contribution in [3.63, 3.8) is 0 Å². The molecule has 3 amide bonds. The van der Waals surface area contributed by atoms with E-state index in [-0.39, 0.29) is 29.6 Å². The molecule has 1 aromatic carbocycles. The molecule has 0 atom stereocenters. The minimum absolute atomic E-state index is 0.0256. The first-order valence-electron chi connectivity index (χ1n) is 15.9. The van der Waals surface area contributed by atoms with Gasteiger partial charge in [0.1, 0.15) is 5.75 Å². The van der Waals surface area contributed by atoms with Crippen LogP contribution in [0.5, 0.6) is 5.75 Å². The van der Waals surface area contributed by atoms with Gasteiger partial charge in [-0.25, -0.2) is 0 Å². The van der Waals surface area contributed by atoms with Gasteiger partial charge in [0.05, 0.1) is 10.5 Å². The maximum absolute atomic E-state index is 12.8. The molecule has 3 aliphatic rings. The van der Waals surface area contributed by atoms with Crippen LogP contribution in [0.15, 0.2) is 29.3 Å². The lowest BCUT2D eigenvalue weighted by atomic mass is 9.81. The normalized spacial score (nSPS) is 21.9. The molecule has 1 aliphatic carbocycles. The van der Waals surface area contributed by atoms with Crippen molar-refractivity contribution >= 4 is 40.4 Å². The lowest BCUT2D eigenvalue weighted by molar-refractivity contribution is -0.138. The van der Waals surface area contributed by atoms with E-state index in [0.29, 0.717) is 30.0 Å². The summed E-state index contributed by atoms with van der Waals surface area (Å²) in [5.41, 5.74) is 3.28. The number of aromatic hydroxyl groups is 1. The molecule has 3 heterocycles. The number of carbonyl (C=O) groups excluding carboxylic acids is 3. The highest BCUT2D eigenvalue weighted by Gasteiger charge is 2.31. The highest BCUT2D eigenvalue weighted by molar-refractivity contribution is 7.99. The van der Waals surface area contributed by atoms with Gasteiger partial charge in [0.2, 0.25) is 5.91 Å². The van der Waals surface area contributed by atoms with Crippen LogP contribution in [-0.2, 0) is 27.5 Å². The number of rotatable bonds is 12. The fourth-order valence-corrected chi connectivity index (χ4v) is 7.82. The number of H-pyrrole nitrogens is 1. The summed E-state index contributed by atoms with van der Waals surface area (Å²) in [5.74, 6) is 0.943. The summed E-state index contributed by atoms with van der Waals surface area (Å²) in [7, 11) is 1.97. The zero-order chi connectivity index (χ0) is 30.5. The summed E-state index contributed by atoms with van der Waals surface area (Å²) >= 11 is 1.83. The molecule has 2 fully saturated rings. The van der Waals surface area contributed by atoms with Crippen LogP contribution < -0.4 is 10.6 Å². The molecule has 1 aromatic heterocycles. The lowest BCUT2D eigenvalue weighted by Crippen LogP contribution is -2.39. The number of thioether (sulfide) groups is 1. The lowest BCUT2D eigenvalue weighted by Gasteiger charge is -2.32. The summed E-state index contributed by atoms with van der Waals surface area (Å²) < 4.78 is 0. The van der Waals surface area contributed by atoms with Crippen LogP contribution in [0.4, 0.5) is 0 Å². The molecule has 2 aromatic rings. The van der Waals surface area contributed by atoms with Gasteiger partial charge in [0.25, 0.3) is 11.8 Å². The molecule has 5 rings (SSSR count). The predicted molar refractivity (Wildman–Crippen MR) is 171 cm³/mol. The van der Waals surface area contributed by atoms with E-state index in [1.807, 2.05) is 30.9 Å². The summed E-state index contributed by atoms with van der Waals surface area (Å²) in [6, 6.07) is 3.87. The van der Waals surface area contributed by atoms with Crippen molar-refractivity contribution < 1.29 is 19.5 Å². The van der Waals surface area contributed by atoms with Crippen LogP contribution in [0.3, 0.4) is 0 Å². The number of phenols is 1. The van der Waals surface area contributed by atoms with Gasteiger partial charge in [-0.05, 0) is 89.1 Å². The molecule has 4 N–H and O–H groups in total. The van der Waals surface area contributed by atoms with Gasteiger partial charge in [0.15, 0.2) is 0 Å². The fraction of sp³-hybridized carbons (Fsp3) is 0.606. The zero-order valence-corrected chi connectivity index (χ0v) is 26.6. The number of aromatic nitrogens is 1. The Balaban J connectivity index is 1.05. The van der Waals surface area contributed by atoms with Crippen LogP contribution in [0.25, 0.3) is 10.9 Å². The Morgan fingerprint density at radius 2 is 1.72 bits per heavy atom. The number of imide groups is 1. The van der Waals surface area contributed by atoms with Crippen molar-refractivity contribution in [1.82, 2.24) is 25.4 Å². The number of carbonyl (C=O) groups is 3. The Hall–Kier alpha value is -2.82. The van der Waals surface area contributed by atoms with Gasteiger partial charge in [-0.15, -0.1) is 11.8 Å². The third kappa shape index (κ3) is 7.64. The summed E-state index contributed by atoms with van der Waals surface area (Å²) in [6.45, 7) is 9.03. The first-order valence-corrected chi connectivity index (χ1v) is 16.8. The molecule has 234 valence electrons. The summed E-state index contributed by atoms with van der Waals surface area (Å²) in [5, 5.41) is 20.1. The van der Waals surface area contributed by atoms with E-state index in [1.54, 1.807) is 0 Å². The third-order valence-corrected chi connectivity index (χ3v) is 10.4. The molecule has 1 saturated heterocycles. The molecule has 10 heteroatoms. The highest BCUT2D eigenvalue weighted by atomic mass is 32.2. The van der Waals surface area contributed by atoms with Gasteiger partial charge < -0.3 is 20.7 Å². The Morgan fingerprint density at radius 3 is 2.37 bits per heavy atom. The topological polar surface area (TPSA) is 118 Å². The maximum Gasteiger partial charge on any atom is 0.253 e. The Bertz CT molecular complexity index is 1320. The highest BCUT2D eigenvalue weighted by Crippen LogP contribution is 2.37. The van der Waals surface area contributed by atoms with Crippen molar-refractivity contribution in [3.8, 4) is 5.75 Å². The average Bonchev–Trinajstić information content (AvgIpc) is 3.49. The summed E-state index contributed by atoms with van der Waals surface area (Å²) in [4.78, 5) is 43.9. The van der Waals surface area contributed by atoms with Crippen molar-refractivity contribution in [2.45, 2.75) is 82.2 Å². The largest absolute Gasteiger partial charge is 0.508 e. The van der Waals surface area contributed by atoms with Crippen LogP contribution >= 0.6 is 11.8 Å². The van der Waals surface area contributed by atoms with Crippen molar-refractivity contribution in [3.05, 3.63) is 35.4 Å². The number of nitrogens with zero attached hydrogens (tertiary/aromatic N) is 2. The standard InChI is InChI=1S/C33H47N5O4S/c1-21(2)43-33-26(18-34-3)25-8-9-28(39)27(31(25)36-33)20-37-16-13-22(14-17-37)12-15-35-32(42)24-6-4-23(5-7-24)19-38-29(40)10-11-30(38)41/h8-11,21-24,34,36,39H,4-7,12-20H2,1-3H3,(H,35,42). The minimum atomic E-state index is -0.222.